The molecule has 0 radical (unpaired) electrons. The minimum atomic E-state index is -1.01. The van der Waals surface area contributed by atoms with E-state index in [0.717, 1.165) is 18.4 Å². The van der Waals surface area contributed by atoms with Gasteiger partial charge in [-0.1, -0.05) is 48.5 Å². The third-order valence-corrected chi connectivity index (χ3v) is 4.48. The maximum atomic E-state index is 12.3. The van der Waals surface area contributed by atoms with Crippen molar-refractivity contribution in [3.63, 3.8) is 0 Å². The van der Waals surface area contributed by atoms with E-state index in [-0.39, 0.29) is 18.4 Å². The van der Waals surface area contributed by atoms with Gasteiger partial charge in [0.05, 0.1) is 6.54 Å². The molecular formula is C20H23NO3. The van der Waals surface area contributed by atoms with Crippen LogP contribution in [0.25, 0.3) is 0 Å². The Morgan fingerprint density at radius 1 is 1.17 bits per heavy atom. The van der Waals surface area contributed by atoms with E-state index in [1.165, 1.54) is 0 Å². The number of hydrogen-bond acceptors (Lipinski definition) is 3. The van der Waals surface area contributed by atoms with E-state index < -0.39 is 11.7 Å². The summed E-state index contributed by atoms with van der Waals surface area (Å²) in [5, 5.41) is 13.9. The molecule has 2 aromatic rings. The Morgan fingerprint density at radius 3 is 2.33 bits per heavy atom. The van der Waals surface area contributed by atoms with Crippen molar-refractivity contribution in [3.8, 4) is 5.75 Å². The van der Waals surface area contributed by atoms with E-state index >= 15 is 0 Å². The number of carbonyl (C=O) groups excluding carboxylic acids is 1. The van der Waals surface area contributed by atoms with Crippen LogP contribution in [0.5, 0.6) is 5.75 Å². The molecule has 4 heteroatoms. The molecular weight excluding hydrogens is 302 g/mol. The number of benzene rings is 2. The quantitative estimate of drug-likeness (QED) is 0.823. The SMILES string of the molecule is CC(Oc1ccccc1)C(=O)NCC(O)(c1ccccc1)C1CC1. The smallest absolute Gasteiger partial charge is 0.260 e. The Hall–Kier alpha value is -2.33. The Kier molecular flexibility index (Phi) is 4.86. The number of amides is 1. The molecule has 2 aromatic carbocycles. The average Bonchev–Trinajstić information content (AvgIpc) is 3.46. The standard InChI is InChI=1S/C20H23NO3/c1-15(24-18-10-6-3-7-11-18)19(22)21-14-20(23,17-12-13-17)16-8-4-2-5-9-16/h2-11,15,17,23H,12-14H2,1H3,(H,21,22). The molecule has 0 heterocycles. The van der Waals surface area contributed by atoms with Gasteiger partial charge in [-0.05, 0) is 43.4 Å². The van der Waals surface area contributed by atoms with Crippen LogP contribution < -0.4 is 10.1 Å². The van der Waals surface area contributed by atoms with Crippen molar-refractivity contribution in [2.75, 3.05) is 6.54 Å². The van der Waals surface area contributed by atoms with Crippen LogP contribution in [0, 0.1) is 5.92 Å². The highest BCUT2D eigenvalue weighted by molar-refractivity contribution is 5.80. The lowest BCUT2D eigenvalue weighted by atomic mass is 9.88. The molecule has 24 heavy (non-hydrogen) atoms. The van der Waals surface area contributed by atoms with Gasteiger partial charge in [0.1, 0.15) is 11.4 Å². The first kappa shape index (κ1) is 16.5. The fourth-order valence-electron chi connectivity index (χ4n) is 2.89. The second kappa shape index (κ2) is 7.05. The summed E-state index contributed by atoms with van der Waals surface area (Å²) >= 11 is 0. The molecule has 1 amide bonds. The average molecular weight is 325 g/mol. The first-order valence-corrected chi connectivity index (χ1v) is 8.37. The van der Waals surface area contributed by atoms with Crippen LogP contribution in [-0.4, -0.2) is 23.7 Å². The first-order valence-electron chi connectivity index (χ1n) is 8.37. The third-order valence-electron chi connectivity index (χ3n) is 4.48. The zero-order chi connectivity index (χ0) is 17.0. The lowest BCUT2D eigenvalue weighted by molar-refractivity contribution is -0.128. The molecule has 3 rings (SSSR count). The van der Waals surface area contributed by atoms with Gasteiger partial charge in [-0.3, -0.25) is 4.79 Å². The summed E-state index contributed by atoms with van der Waals surface area (Å²) < 4.78 is 5.63. The van der Waals surface area contributed by atoms with Crippen molar-refractivity contribution in [2.45, 2.75) is 31.5 Å². The first-order chi connectivity index (χ1) is 11.6. The maximum Gasteiger partial charge on any atom is 0.260 e. The molecule has 1 aliphatic rings. The predicted octanol–water partition coefficient (Wildman–Crippen LogP) is 2.87. The van der Waals surface area contributed by atoms with Gasteiger partial charge < -0.3 is 15.2 Å². The molecule has 0 spiro atoms. The number of para-hydroxylation sites is 1. The monoisotopic (exact) mass is 325 g/mol. The molecule has 0 aliphatic heterocycles. The van der Waals surface area contributed by atoms with Crippen molar-refractivity contribution in [3.05, 3.63) is 66.2 Å². The van der Waals surface area contributed by atoms with Crippen LogP contribution in [0.4, 0.5) is 0 Å². The van der Waals surface area contributed by atoms with Crippen LogP contribution >= 0.6 is 0 Å². The zero-order valence-electron chi connectivity index (χ0n) is 13.8. The summed E-state index contributed by atoms with van der Waals surface area (Å²) in [4.78, 5) is 12.3. The molecule has 1 saturated carbocycles. The van der Waals surface area contributed by atoms with Gasteiger partial charge in [0.25, 0.3) is 5.91 Å². The van der Waals surface area contributed by atoms with Crippen LogP contribution in [-0.2, 0) is 10.4 Å². The predicted molar refractivity (Wildman–Crippen MR) is 92.6 cm³/mol. The van der Waals surface area contributed by atoms with Crippen LogP contribution in [0.15, 0.2) is 60.7 Å². The molecule has 2 unspecified atom stereocenters. The van der Waals surface area contributed by atoms with Gasteiger partial charge >= 0.3 is 0 Å². The lowest BCUT2D eigenvalue weighted by Gasteiger charge is -2.29. The van der Waals surface area contributed by atoms with Crippen molar-refractivity contribution >= 4 is 5.91 Å². The highest BCUT2D eigenvalue weighted by Crippen LogP contribution is 2.45. The van der Waals surface area contributed by atoms with Crippen LogP contribution in [0.3, 0.4) is 0 Å². The minimum absolute atomic E-state index is 0.197. The summed E-state index contributed by atoms with van der Waals surface area (Å²) in [6.45, 7) is 1.91. The zero-order valence-corrected chi connectivity index (χ0v) is 13.8. The van der Waals surface area contributed by atoms with E-state index in [0.29, 0.717) is 5.75 Å². The molecule has 2 N–H and O–H groups in total. The van der Waals surface area contributed by atoms with E-state index in [9.17, 15) is 9.90 Å². The summed E-state index contributed by atoms with van der Waals surface area (Å²) in [6, 6.07) is 18.8. The van der Waals surface area contributed by atoms with E-state index in [1.54, 1.807) is 6.92 Å². The van der Waals surface area contributed by atoms with Gasteiger partial charge in [-0.15, -0.1) is 0 Å². The number of aliphatic hydroxyl groups is 1. The fourth-order valence-corrected chi connectivity index (χ4v) is 2.89. The summed E-state index contributed by atoms with van der Waals surface area (Å²) in [5.41, 5.74) is -0.159. The Labute approximate surface area is 142 Å². The molecule has 4 nitrogen and oxygen atoms in total. The van der Waals surface area contributed by atoms with Gasteiger partial charge in [-0.25, -0.2) is 0 Å². The van der Waals surface area contributed by atoms with Crippen molar-refractivity contribution in [2.24, 2.45) is 5.92 Å². The van der Waals surface area contributed by atoms with Crippen molar-refractivity contribution in [1.82, 2.24) is 5.32 Å². The summed E-state index contributed by atoms with van der Waals surface area (Å²) in [5.74, 6) is 0.625. The molecule has 2 atom stereocenters. The molecule has 1 fully saturated rings. The van der Waals surface area contributed by atoms with E-state index in [4.69, 9.17) is 4.74 Å². The van der Waals surface area contributed by atoms with Crippen LogP contribution in [0.1, 0.15) is 25.3 Å². The molecule has 0 saturated heterocycles. The highest BCUT2D eigenvalue weighted by Gasteiger charge is 2.45. The highest BCUT2D eigenvalue weighted by atomic mass is 16.5. The number of ether oxygens (including phenoxy) is 1. The fraction of sp³-hybridized carbons (Fsp3) is 0.350. The molecule has 0 bridgehead atoms. The van der Waals surface area contributed by atoms with E-state index in [1.807, 2.05) is 60.7 Å². The number of rotatable bonds is 7. The minimum Gasteiger partial charge on any atom is -0.481 e. The summed E-state index contributed by atoms with van der Waals surface area (Å²) in [6.07, 6.45) is 1.35. The second-order valence-electron chi connectivity index (χ2n) is 6.36. The molecule has 0 aromatic heterocycles. The molecule has 1 aliphatic carbocycles. The number of nitrogens with one attached hydrogen (secondary N) is 1. The van der Waals surface area contributed by atoms with E-state index in [2.05, 4.69) is 5.32 Å². The van der Waals surface area contributed by atoms with Gasteiger partial charge in [0.15, 0.2) is 6.10 Å². The maximum absolute atomic E-state index is 12.3. The van der Waals surface area contributed by atoms with Gasteiger partial charge in [0.2, 0.25) is 0 Å². The largest absolute Gasteiger partial charge is 0.481 e. The Morgan fingerprint density at radius 2 is 1.75 bits per heavy atom. The van der Waals surface area contributed by atoms with Crippen molar-refractivity contribution < 1.29 is 14.6 Å². The molecule has 126 valence electrons. The normalized spacial score (nSPS) is 17.6. The Bertz CT molecular complexity index is 670. The lowest BCUT2D eigenvalue weighted by Crippen LogP contribution is -2.46. The number of carbonyl (C=O) groups is 1. The second-order valence-corrected chi connectivity index (χ2v) is 6.36. The number of hydrogen-bond donors (Lipinski definition) is 2. The van der Waals surface area contributed by atoms with Crippen molar-refractivity contribution in [1.29, 1.82) is 0 Å². The Balaban J connectivity index is 1.61. The summed E-state index contributed by atoms with van der Waals surface area (Å²) in [7, 11) is 0. The van der Waals surface area contributed by atoms with Gasteiger partial charge in [0, 0.05) is 0 Å². The van der Waals surface area contributed by atoms with Crippen LogP contribution in [0.2, 0.25) is 0 Å². The van der Waals surface area contributed by atoms with Gasteiger partial charge in [-0.2, -0.15) is 0 Å². The topological polar surface area (TPSA) is 58.6 Å². The third kappa shape index (κ3) is 3.77.